The highest BCUT2D eigenvalue weighted by molar-refractivity contribution is 5.21. The molecule has 1 aromatic carbocycles. The van der Waals surface area contributed by atoms with Crippen molar-refractivity contribution in [3.05, 3.63) is 30.3 Å². The molecule has 5 fully saturated rings. The van der Waals surface area contributed by atoms with Crippen molar-refractivity contribution in [3.8, 4) is 5.75 Å². The molecule has 6 rings (SSSR count). The van der Waals surface area contributed by atoms with E-state index in [2.05, 4.69) is 6.92 Å². The molecule has 0 N–H and O–H groups in total. The van der Waals surface area contributed by atoms with Crippen molar-refractivity contribution in [2.75, 3.05) is 0 Å². The number of hydrogen-bond acceptors (Lipinski definition) is 5. The molecule has 0 radical (unpaired) electrons. The summed E-state index contributed by atoms with van der Waals surface area (Å²) in [5.74, 6) is 1.02. The minimum absolute atomic E-state index is 0.203. The number of benzene rings is 1. The van der Waals surface area contributed by atoms with Crippen LogP contribution in [0.3, 0.4) is 0 Å². The van der Waals surface area contributed by atoms with E-state index in [1.54, 1.807) is 0 Å². The third kappa shape index (κ3) is 2.36. The average molecular weight is 346 g/mol. The maximum atomic E-state index is 6.36. The smallest absolute Gasteiger partial charge is 0.205 e. The molecule has 136 valence electrons. The van der Waals surface area contributed by atoms with E-state index >= 15 is 0 Å². The summed E-state index contributed by atoms with van der Waals surface area (Å²) in [6.45, 7) is 4.15. The number of fused-ring (bicyclic) bond motifs is 2. The predicted octanol–water partition coefficient (Wildman–Crippen LogP) is 4.03. The van der Waals surface area contributed by atoms with Crippen molar-refractivity contribution in [2.45, 2.75) is 69.9 Å². The van der Waals surface area contributed by atoms with Gasteiger partial charge in [-0.2, -0.15) is 0 Å². The molecule has 1 aromatic rings. The fraction of sp³-hybridized carbons (Fsp3) is 0.700. The van der Waals surface area contributed by atoms with Crippen LogP contribution in [0.25, 0.3) is 0 Å². The fourth-order valence-electron chi connectivity index (χ4n) is 5.29. The van der Waals surface area contributed by atoms with Crippen LogP contribution in [-0.2, 0) is 19.2 Å². The summed E-state index contributed by atoms with van der Waals surface area (Å²) >= 11 is 0. The largest absolute Gasteiger partial charge is 0.465 e. The topological polar surface area (TPSA) is 46.2 Å². The van der Waals surface area contributed by atoms with Crippen LogP contribution in [0.2, 0.25) is 0 Å². The van der Waals surface area contributed by atoms with Gasteiger partial charge in [-0.3, -0.25) is 0 Å². The Morgan fingerprint density at radius 3 is 2.76 bits per heavy atom. The van der Waals surface area contributed by atoms with Crippen molar-refractivity contribution in [2.24, 2.45) is 17.8 Å². The molecular weight excluding hydrogens is 320 g/mol. The van der Waals surface area contributed by atoms with E-state index in [1.807, 2.05) is 37.3 Å². The zero-order chi connectivity index (χ0) is 17.1. The Hall–Kier alpha value is -1.14. The van der Waals surface area contributed by atoms with Gasteiger partial charge in [0.25, 0.3) is 0 Å². The number of rotatable bonds is 2. The second-order valence-electron chi connectivity index (χ2n) is 8.17. The van der Waals surface area contributed by atoms with E-state index in [4.69, 9.17) is 24.0 Å². The van der Waals surface area contributed by atoms with Gasteiger partial charge in [-0.15, -0.1) is 0 Å². The quantitative estimate of drug-likeness (QED) is 0.757. The normalized spacial score (nSPS) is 48.5. The number of para-hydroxylation sites is 1. The first kappa shape index (κ1) is 16.1. The monoisotopic (exact) mass is 346 g/mol. The molecule has 1 spiro atoms. The highest BCUT2D eigenvalue weighted by Gasteiger charge is 2.68. The van der Waals surface area contributed by atoms with Gasteiger partial charge in [0.15, 0.2) is 11.9 Å². The SMILES string of the molecule is C[C@H]1C(Oc2ccccc2)O[C@@H]2O[C@@]3(C)CCC4CCCC1[C@]42OO3. The Kier molecular flexibility index (Phi) is 3.65. The van der Waals surface area contributed by atoms with E-state index in [0.29, 0.717) is 11.8 Å². The molecule has 4 heterocycles. The second kappa shape index (κ2) is 5.68. The summed E-state index contributed by atoms with van der Waals surface area (Å²) in [4.78, 5) is 11.9. The molecule has 0 amide bonds. The lowest BCUT2D eigenvalue weighted by atomic mass is 9.61. The summed E-state index contributed by atoms with van der Waals surface area (Å²) < 4.78 is 18.8. The van der Waals surface area contributed by atoms with Crippen molar-refractivity contribution in [1.82, 2.24) is 0 Å². The van der Waals surface area contributed by atoms with Gasteiger partial charge in [-0.1, -0.05) is 31.5 Å². The summed E-state index contributed by atoms with van der Waals surface area (Å²) in [6.07, 6.45) is 4.58. The molecular formula is C20H26O5. The fourth-order valence-corrected chi connectivity index (χ4v) is 5.29. The molecule has 7 atom stereocenters. The third-order valence-corrected chi connectivity index (χ3v) is 6.64. The zero-order valence-electron chi connectivity index (χ0n) is 14.9. The van der Waals surface area contributed by atoms with Crippen LogP contribution in [-0.4, -0.2) is 24.0 Å². The van der Waals surface area contributed by atoms with Gasteiger partial charge in [-0.05, 0) is 44.2 Å². The van der Waals surface area contributed by atoms with Gasteiger partial charge in [0.05, 0.1) is 0 Å². The Bertz CT molecular complexity index is 636. The van der Waals surface area contributed by atoms with Gasteiger partial charge in [0, 0.05) is 18.3 Å². The van der Waals surface area contributed by atoms with Crippen LogP contribution in [0, 0.1) is 17.8 Å². The number of ether oxygens (including phenoxy) is 3. The van der Waals surface area contributed by atoms with Crippen LogP contribution >= 0.6 is 0 Å². The highest BCUT2D eigenvalue weighted by atomic mass is 17.3. The molecule has 5 nitrogen and oxygen atoms in total. The lowest BCUT2D eigenvalue weighted by Crippen LogP contribution is -2.69. The minimum atomic E-state index is -0.727. The molecule has 1 aliphatic carbocycles. The summed E-state index contributed by atoms with van der Waals surface area (Å²) in [5, 5.41) is 0. The van der Waals surface area contributed by atoms with E-state index in [0.717, 1.165) is 31.4 Å². The Labute approximate surface area is 148 Å². The average Bonchev–Trinajstić information content (AvgIpc) is 2.85. The van der Waals surface area contributed by atoms with Crippen LogP contribution in [0.4, 0.5) is 0 Å². The van der Waals surface area contributed by atoms with E-state index in [-0.39, 0.29) is 12.2 Å². The van der Waals surface area contributed by atoms with Gasteiger partial charge in [0.1, 0.15) is 5.75 Å². The molecule has 4 aliphatic heterocycles. The summed E-state index contributed by atoms with van der Waals surface area (Å²) in [6, 6.07) is 9.86. The van der Waals surface area contributed by atoms with Crippen molar-refractivity contribution in [1.29, 1.82) is 0 Å². The van der Waals surface area contributed by atoms with E-state index in [1.165, 1.54) is 6.42 Å². The van der Waals surface area contributed by atoms with Crippen LogP contribution in [0.5, 0.6) is 5.75 Å². The maximum Gasteiger partial charge on any atom is 0.205 e. The molecule has 5 aliphatic rings. The van der Waals surface area contributed by atoms with Gasteiger partial charge < -0.3 is 14.2 Å². The van der Waals surface area contributed by atoms with Gasteiger partial charge in [-0.25, -0.2) is 9.78 Å². The molecule has 2 bridgehead atoms. The Balaban J connectivity index is 1.49. The van der Waals surface area contributed by atoms with Crippen LogP contribution in [0.1, 0.15) is 46.0 Å². The lowest BCUT2D eigenvalue weighted by molar-refractivity contribution is -0.574. The first-order chi connectivity index (χ1) is 12.1. The molecule has 4 saturated heterocycles. The summed E-state index contributed by atoms with van der Waals surface area (Å²) in [5.41, 5.74) is -0.496. The van der Waals surface area contributed by atoms with Crippen LogP contribution < -0.4 is 4.74 Å². The third-order valence-electron chi connectivity index (χ3n) is 6.64. The molecule has 1 saturated carbocycles. The first-order valence-corrected chi connectivity index (χ1v) is 9.52. The Morgan fingerprint density at radius 1 is 1.08 bits per heavy atom. The first-order valence-electron chi connectivity index (χ1n) is 9.52. The molecule has 0 aromatic heterocycles. The van der Waals surface area contributed by atoms with Crippen LogP contribution in [0.15, 0.2) is 30.3 Å². The molecule has 5 heteroatoms. The number of hydrogen-bond donors (Lipinski definition) is 0. The van der Waals surface area contributed by atoms with E-state index < -0.39 is 17.7 Å². The van der Waals surface area contributed by atoms with Crippen molar-refractivity contribution < 1.29 is 24.0 Å². The molecule has 3 unspecified atom stereocenters. The standard InChI is InChI=1S/C20H26O5/c1-13-16-10-6-7-14-11-12-19(2)23-18(20(14,16)25-24-19)22-17(13)21-15-8-4-3-5-9-15/h3-5,8-9,13-14,16-18H,6-7,10-12H2,1-2H3/t13-,14?,16?,17?,18-,19-,20-/m1/s1. The maximum absolute atomic E-state index is 6.36. The van der Waals surface area contributed by atoms with Gasteiger partial charge >= 0.3 is 0 Å². The Morgan fingerprint density at radius 2 is 1.92 bits per heavy atom. The predicted molar refractivity (Wildman–Crippen MR) is 89.4 cm³/mol. The zero-order valence-corrected chi connectivity index (χ0v) is 14.9. The lowest BCUT2D eigenvalue weighted by Gasteiger charge is -2.58. The summed E-state index contributed by atoms with van der Waals surface area (Å²) in [7, 11) is 0. The van der Waals surface area contributed by atoms with Gasteiger partial charge in [0.2, 0.25) is 12.1 Å². The van der Waals surface area contributed by atoms with Crippen molar-refractivity contribution >= 4 is 0 Å². The highest BCUT2D eigenvalue weighted by Crippen LogP contribution is 2.59. The second-order valence-corrected chi connectivity index (χ2v) is 8.17. The van der Waals surface area contributed by atoms with E-state index in [9.17, 15) is 0 Å². The minimum Gasteiger partial charge on any atom is -0.465 e. The van der Waals surface area contributed by atoms with Crippen molar-refractivity contribution in [3.63, 3.8) is 0 Å². The molecule has 25 heavy (non-hydrogen) atoms.